The van der Waals surface area contributed by atoms with Crippen LogP contribution in [0.2, 0.25) is 0 Å². The molecule has 0 amide bonds. The van der Waals surface area contributed by atoms with E-state index >= 15 is 0 Å². The van der Waals surface area contributed by atoms with Crippen molar-refractivity contribution >= 4 is 37.5 Å². The summed E-state index contributed by atoms with van der Waals surface area (Å²) in [6.07, 6.45) is 0. The van der Waals surface area contributed by atoms with Crippen LogP contribution in [0.15, 0.2) is 43.9 Å². The van der Waals surface area contributed by atoms with Crippen molar-refractivity contribution in [1.29, 1.82) is 0 Å². The van der Waals surface area contributed by atoms with Gasteiger partial charge in [-0.05, 0) is 56.5 Å². The van der Waals surface area contributed by atoms with Crippen molar-refractivity contribution in [2.45, 2.75) is 13.0 Å². The Morgan fingerprint density at radius 3 is 2.61 bits per heavy atom. The van der Waals surface area contributed by atoms with Gasteiger partial charge in [-0.15, -0.1) is 0 Å². The Morgan fingerprint density at radius 1 is 1.33 bits per heavy atom. The van der Waals surface area contributed by atoms with E-state index in [1.165, 1.54) is 5.56 Å². The molecule has 0 spiro atoms. The monoisotopic (exact) mass is 372 g/mol. The maximum atomic E-state index is 5.81. The highest BCUT2D eigenvalue weighted by Gasteiger charge is 2.16. The van der Waals surface area contributed by atoms with E-state index in [-0.39, 0.29) is 6.04 Å². The zero-order valence-corrected chi connectivity index (χ0v) is 13.1. The third-order valence-corrected chi connectivity index (χ3v) is 4.43. The highest BCUT2D eigenvalue weighted by atomic mass is 79.9. The van der Waals surface area contributed by atoms with Crippen LogP contribution in [-0.4, -0.2) is 6.54 Å². The van der Waals surface area contributed by atoms with Gasteiger partial charge in [-0.25, -0.2) is 0 Å². The fourth-order valence-electron chi connectivity index (χ4n) is 1.70. The molecule has 18 heavy (non-hydrogen) atoms. The van der Waals surface area contributed by atoms with Gasteiger partial charge < -0.3 is 15.5 Å². The largest absolute Gasteiger partial charge is 0.451 e. The number of nitrogens with two attached hydrogens (primary N) is 1. The average Bonchev–Trinajstić information content (AvgIpc) is 2.68. The minimum Gasteiger partial charge on any atom is -0.451 e. The van der Waals surface area contributed by atoms with Crippen LogP contribution < -0.4 is 11.1 Å². The summed E-state index contributed by atoms with van der Waals surface area (Å²) in [5.41, 5.74) is 8.06. The van der Waals surface area contributed by atoms with Crippen molar-refractivity contribution in [3.8, 4) is 0 Å². The third kappa shape index (κ3) is 2.96. The Bertz CT molecular complexity index is 520. The standard InChI is InChI=1S/C13H14Br2N2O/c1-8-4-2-3-5-10(8)17-11(7-16)12-6-9(14)13(15)18-12/h2-6,11,17H,7,16H2,1H3. The second-order valence-corrected chi connectivity index (χ2v) is 5.59. The van der Waals surface area contributed by atoms with Crippen molar-refractivity contribution in [2.75, 3.05) is 11.9 Å². The van der Waals surface area contributed by atoms with Gasteiger partial charge in [-0.1, -0.05) is 18.2 Å². The van der Waals surface area contributed by atoms with Crippen molar-refractivity contribution in [3.05, 3.63) is 50.8 Å². The summed E-state index contributed by atoms with van der Waals surface area (Å²) in [7, 11) is 0. The number of hydrogen-bond acceptors (Lipinski definition) is 3. The Morgan fingerprint density at radius 2 is 2.06 bits per heavy atom. The van der Waals surface area contributed by atoms with Crippen LogP contribution in [0.25, 0.3) is 0 Å². The van der Waals surface area contributed by atoms with E-state index in [9.17, 15) is 0 Å². The summed E-state index contributed by atoms with van der Waals surface area (Å²) < 4.78 is 7.18. The lowest BCUT2D eigenvalue weighted by atomic mass is 10.1. The van der Waals surface area contributed by atoms with Crippen LogP contribution in [0, 0.1) is 6.92 Å². The van der Waals surface area contributed by atoms with Gasteiger partial charge in [-0.2, -0.15) is 0 Å². The van der Waals surface area contributed by atoms with E-state index in [2.05, 4.69) is 50.2 Å². The van der Waals surface area contributed by atoms with Gasteiger partial charge in [-0.3, -0.25) is 0 Å². The average molecular weight is 374 g/mol. The summed E-state index contributed by atoms with van der Waals surface area (Å²) in [4.78, 5) is 0. The van der Waals surface area contributed by atoms with Crippen LogP contribution in [0.1, 0.15) is 17.4 Å². The first-order chi connectivity index (χ1) is 8.61. The minimum absolute atomic E-state index is 0.0475. The molecule has 0 saturated carbocycles. The van der Waals surface area contributed by atoms with Gasteiger partial charge in [0.25, 0.3) is 0 Å². The number of anilines is 1. The van der Waals surface area contributed by atoms with Crippen molar-refractivity contribution in [1.82, 2.24) is 0 Å². The highest BCUT2D eigenvalue weighted by Crippen LogP contribution is 2.31. The SMILES string of the molecule is Cc1ccccc1NC(CN)c1cc(Br)c(Br)o1. The molecule has 1 atom stereocenters. The number of nitrogens with one attached hydrogen (secondary N) is 1. The van der Waals surface area contributed by atoms with Gasteiger partial charge in [0, 0.05) is 12.2 Å². The van der Waals surface area contributed by atoms with E-state index in [4.69, 9.17) is 10.2 Å². The molecule has 2 aromatic rings. The first kappa shape index (κ1) is 13.6. The van der Waals surface area contributed by atoms with Crippen molar-refractivity contribution < 1.29 is 4.42 Å². The maximum absolute atomic E-state index is 5.81. The lowest BCUT2D eigenvalue weighted by Gasteiger charge is -2.17. The number of benzene rings is 1. The summed E-state index contributed by atoms with van der Waals surface area (Å²) in [5.74, 6) is 0.805. The Balaban J connectivity index is 2.22. The van der Waals surface area contributed by atoms with E-state index in [1.54, 1.807) is 0 Å². The predicted molar refractivity (Wildman–Crippen MR) is 80.7 cm³/mol. The fourth-order valence-corrected chi connectivity index (χ4v) is 2.31. The van der Waals surface area contributed by atoms with Gasteiger partial charge in [0.15, 0.2) is 4.67 Å². The molecule has 96 valence electrons. The zero-order chi connectivity index (χ0) is 13.1. The molecule has 0 aliphatic heterocycles. The van der Waals surface area contributed by atoms with Crippen LogP contribution in [-0.2, 0) is 0 Å². The van der Waals surface area contributed by atoms with E-state index in [0.717, 1.165) is 15.9 Å². The molecule has 3 nitrogen and oxygen atoms in total. The highest BCUT2D eigenvalue weighted by molar-refractivity contribution is 9.13. The first-order valence-electron chi connectivity index (χ1n) is 5.58. The molecule has 3 N–H and O–H groups in total. The van der Waals surface area contributed by atoms with E-state index < -0.39 is 0 Å². The van der Waals surface area contributed by atoms with Crippen molar-refractivity contribution in [3.63, 3.8) is 0 Å². The third-order valence-electron chi connectivity index (χ3n) is 2.72. The predicted octanol–water partition coefficient (Wildman–Crippen LogP) is 4.22. The number of hydrogen-bond donors (Lipinski definition) is 2. The summed E-state index contributed by atoms with van der Waals surface area (Å²) >= 11 is 6.74. The molecule has 0 fully saturated rings. The smallest absolute Gasteiger partial charge is 0.183 e. The lowest BCUT2D eigenvalue weighted by molar-refractivity contribution is 0.462. The molecule has 2 rings (SSSR count). The molecule has 0 aliphatic rings. The summed E-state index contributed by atoms with van der Waals surface area (Å²) in [6.45, 7) is 2.52. The molecule has 1 heterocycles. The minimum atomic E-state index is -0.0475. The van der Waals surface area contributed by atoms with Gasteiger partial charge in [0.1, 0.15) is 5.76 Å². The number of aryl methyl sites for hydroxylation is 1. The Kier molecular flexibility index (Phi) is 4.48. The van der Waals surface area contributed by atoms with E-state index in [1.807, 2.05) is 24.3 Å². The van der Waals surface area contributed by atoms with E-state index in [0.29, 0.717) is 11.2 Å². The summed E-state index contributed by atoms with van der Waals surface area (Å²) in [6, 6.07) is 9.98. The number of para-hydroxylation sites is 1. The number of rotatable bonds is 4. The molecule has 0 aliphatic carbocycles. The summed E-state index contributed by atoms with van der Waals surface area (Å²) in [5, 5.41) is 3.39. The van der Waals surface area contributed by atoms with Crippen LogP contribution >= 0.6 is 31.9 Å². The molecule has 0 saturated heterocycles. The lowest BCUT2D eigenvalue weighted by Crippen LogP contribution is -2.20. The molecule has 0 radical (unpaired) electrons. The van der Waals surface area contributed by atoms with Gasteiger partial charge >= 0.3 is 0 Å². The van der Waals surface area contributed by atoms with Gasteiger partial charge in [0.05, 0.1) is 10.5 Å². The topological polar surface area (TPSA) is 51.2 Å². The molecule has 1 aromatic carbocycles. The Hall–Kier alpha value is -0.780. The normalized spacial score (nSPS) is 12.4. The van der Waals surface area contributed by atoms with Crippen LogP contribution in [0.3, 0.4) is 0 Å². The van der Waals surface area contributed by atoms with Crippen LogP contribution in [0.5, 0.6) is 0 Å². The first-order valence-corrected chi connectivity index (χ1v) is 7.17. The van der Waals surface area contributed by atoms with Crippen LogP contribution in [0.4, 0.5) is 5.69 Å². The molecule has 1 unspecified atom stereocenters. The second kappa shape index (κ2) is 5.91. The number of halogens is 2. The zero-order valence-electron chi connectivity index (χ0n) is 9.91. The maximum Gasteiger partial charge on any atom is 0.183 e. The molecule has 1 aromatic heterocycles. The Labute approximate surface area is 123 Å². The quantitative estimate of drug-likeness (QED) is 0.843. The second-order valence-electron chi connectivity index (χ2n) is 4.02. The fraction of sp³-hybridized carbons (Fsp3) is 0.231. The molecule has 5 heteroatoms. The van der Waals surface area contributed by atoms with Gasteiger partial charge in [0.2, 0.25) is 0 Å². The number of furan rings is 1. The molecule has 0 bridgehead atoms. The van der Waals surface area contributed by atoms with Crippen molar-refractivity contribution in [2.24, 2.45) is 5.73 Å². The molecular formula is C13H14Br2N2O. The molecular weight excluding hydrogens is 360 g/mol.